The summed E-state index contributed by atoms with van der Waals surface area (Å²) in [6.45, 7) is 5.62. The number of benzene rings is 1. The van der Waals surface area contributed by atoms with Gasteiger partial charge in [-0.05, 0) is 35.3 Å². The van der Waals surface area contributed by atoms with Crippen LogP contribution in [0.3, 0.4) is 0 Å². The molecule has 5 heteroatoms. The molecule has 1 saturated heterocycles. The monoisotopic (exact) mass is 316 g/mol. The molecule has 1 fully saturated rings. The van der Waals surface area contributed by atoms with Crippen molar-refractivity contribution >= 4 is 27.3 Å². The number of rotatable bonds is 2. The third kappa shape index (κ3) is 2.62. The van der Waals surface area contributed by atoms with Crippen molar-refractivity contribution in [1.82, 2.24) is 0 Å². The third-order valence-electron chi connectivity index (χ3n) is 3.32. The third-order valence-corrected chi connectivity index (χ3v) is 3.93. The van der Waals surface area contributed by atoms with Crippen LogP contribution >= 0.6 is 15.9 Å². The number of morpholine rings is 1. The van der Waals surface area contributed by atoms with Gasteiger partial charge in [0.1, 0.15) is 5.82 Å². The topological polar surface area (TPSA) is 38.5 Å². The Hall–Kier alpha value is -0.810. The predicted octanol–water partition coefficient (Wildman–Crippen LogP) is 3.17. The average molecular weight is 317 g/mol. The smallest absolute Gasteiger partial charge is 0.139 e. The molecule has 0 radical (unpaired) electrons. The fraction of sp³-hybridized carbons (Fsp3) is 0.538. The van der Waals surface area contributed by atoms with Crippen molar-refractivity contribution in [2.45, 2.75) is 32.4 Å². The minimum Gasteiger partial charge on any atom is -0.397 e. The van der Waals surface area contributed by atoms with E-state index in [4.69, 9.17) is 10.5 Å². The van der Waals surface area contributed by atoms with Crippen molar-refractivity contribution in [3.8, 4) is 0 Å². The van der Waals surface area contributed by atoms with E-state index in [9.17, 15) is 4.39 Å². The van der Waals surface area contributed by atoms with Crippen LogP contribution in [0.2, 0.25) is 0 Å². The first-order valence-electron chi connectivity index (χ1n) is 6.15. The standard InChI is InChI=1S/C13H18BrFN2O/c1-3-9-7-18-8(2)6-17(9)13-4-10(14)11(15)5-12(13)16/h4-5,8-9H,3,6-7,16H2,1-2H3. The molecule has 1 aromatic carbocycles. The van der Waals surface area contributed by atoms with E-state index in [-0.39, 0.29) is 11.9 Å². The van der Waals surface area contributed by atoms with Crippen molar-refractivity contribution in [3.05, 3.63) is 22.4 Å². The van der Waals surface area contributed by atoms with Gasteiger partial charge < -0.3 is 15.4 Å². The van der Waals surface area contributed by atoms with Crippen molar-refractivity contribution in [1.29, 1.82) is 0 Å². The average Bonchev–Trinajstić information content (AvgIpc) is 2.34. The minimum absolute atomic E-state index is 0.163. The van der Waals surface area contributed by atoms with E-state index in [1.807, 2.05) is 6.92 Å². The van der Waals surface area contributed by atoms with Crippen LogP contribution < -0.4 is 10.6 Å². The normalized spacial score (nSPS) is 24.3. The highest BCUT2D eigenvalue weighted by molar-refractivity contribution is 9.10. The van der Waals surface area contributed by atoms with Gasteiger partial charge in [-0.1, -0.05) is 6.92 Å². The van der Waals surface area contributed by atoms with Gasteiger partial charge in [-0.25, -0.2) is 4.39 Å². The second-order valence-electron chi connectivity index (χ2n) is 4.68. The first kappa shape index (κ1) is 13.6. The second kappa shape index (κ2) is 5.45. The van der Waals surface area contributed by atoms with Crippen molar-refractivity contribution in [2.24, 2.45) is 0 Å². The Labute approximate surface area is 115 Å². The number of nitrogens with two attached hydrogens (primary N) is 1. The lowest BCUT2D eigenvalue weighted by Crippen LogP contribution is -2.49. The quantitative estimate of drug-likeness (QED) is 0.852. The summed E-state index contributed by atoms with van der Waals surface area (Å²) in [5.74, 6) is -0.328. The maximum Gasteiger partial charge on any atom is 0.139 e. The Bertz CT molecular complexity index is 441. The number of ether oxygens (including phenoxy) is 1. The molecule has 2 rings (SSSR count). The second-order valence-corrected chi connectivity index (χ2v) is 5.54. The van der Waals surface area contributed by atoms with Gasteiger partial charge in [-0.3, -0.25) is 0 Å². The largest absolute Gasteiger partial charge is 0.397 e. The Balaban J connectivity index is 2.36. The van der Waals surface area contributed by atoms with Crippen molar-refractivity contribution < 1.29 is 9.13 Å². The van der Waals surface area contributed by atoms with Crippen LogP contribution in [0.15, 0.2) is 16.6 Å². The van der Waals surface area contributed by atoms with Gasteiger partial charge in [-0.2, -0.15) is 0 Å². The van der Waals surface area contributed by atoms with Gasteiger partial charge in [-0.15, -0.1) is 0 Å². The molecule has 18 heavy (non-hydrogen) atoms. The van der Waals surface area contributed by atoms with Gasteiger partial charge in [0.05, 0.1) is 34.6 Å². The van der Waals surface area contributed by atoms with Crippen LogP contribution in [0.5, 0.6) is 0 Å². The summed E-state index contributed by atoms with van der Waals surface area (Å²) in [5, 5.41) is 0. The van der Waals surface area contributed by atoms with Crippen LogP contribution in [0.1, 0.15) is 20.3 Å². The summed E-state index contributed by atoms with van der Waals surface area (Å²) in [6.07, 6.45) is 1.14. The van der Waals surface area contributed by atoms with Crippen LogP contribution in [0, 0.1) is 5.82 Å². The van der Waals surface area contributed by atoms with E-state index in [2.05, 4.69) is 27.8 Å². The van der Waals surface area contributed by atoms with E-state index in [1.165, 1.54) is 6.07 Å². The molecule has 3 nitrogen and oxygen atoms in total. The maximum absolute atomic E-state index is 13.4. The maximum atomic E-state index is 13.4. The highest BCUT2D eigenvalue weighted by Crippen LogP contribution is 2.33. The molecule has 2 atom stereocenters. The van der Waals surface area contributed by atoms with E-state index >= 15 is 0 Å². The molecule has 0 aliphatic carbocycles. The molecule has 1 aromatic rings. The van der Waals surface area contributed by atoms with Crippen LogP contribution in [-0.4, -0.2) is 25.3 Å². The molecule has 0 bridgehead atoms. The molecule has 1 heterocycles. The predicted molar refractivity (Wildman–Crippen MR) is 75.4 cm³/mol. The summed E-state index contributed by atoms with van der Waals surface area (Å²) < 4.78 is 19.5. The zero-order valence-corrected chi connectivity index (χ0v) is 12.2. The molecule has 0 amide bonds. The molecule has 1 aliphatic rings. The zero-order valence-electron chi connectivity index (χ0n) is 10.6. The highest BCUT2D eigenvalue weighted by atomic mass is 79.9. The van der Waals surface area contributed by atoms with E-state index in [0.29, 0.717) is 22.8 Å². The Morgan fingerprint density at radius 1 is 1.56 bits per heavy atom. The lowest BCUT2D eigenvalue weighted by atomic mass is 10.1. The Morgan fingerprint density at radius 2 is 2.28 bits per heavy atom. The molecular formula is C13H18BrFN2O. The van der Waals surface area contributed by atoms with Crippen molar-refractivity contribution in [3.63, 3.8) is 0 Å². The molecule has 2 N–H and O–H groups in total. The van der Waals surface area contributed by atoms with E-state index in [1.54, 1.807) is 6.07 Å². The highest BCUT2D eigenvalue weighted by Gasteiger charge is 2.27. The SMILES string of the molecule is CCC1COC(C)CN1c1cc(Br)c(F)cc1N. The first-order chi connectivity index (χ1) is 8.52. The minimum atomic E-state index is -0.328. The van der Waals surface area contributed by atoms with Gasteiger partial charge in [0.2, 0.25) is 0 Å². The Kier molecular flexibility index (Phi) is 4.12. The van der Waals surface area contributed by atoms with Crippen LogP contribution in [-0.2, 0) is 4.74 Å². The number of halogens is 2. The molecule has 1 aliphatic heterocycles. The van der Waals surface area contributed by atoms with Gasteiger partial charge >= 0.3 is 0 Å². The molecule has 100 valence electrons. The summed E-state index contributed by atoms with van der Waals surface area (Å²) >= 11 is 3.22. The lowest BCUT2D eigenvalue weighted by Gasteiger charge is -2.40. The summed E-state index contributed by atoms with van der Waals surface area (Å²) in [7, 11) is 0. The summed E-state index contributed by atoms with van der Waals surface area (Å²) in [5.41, 5.74) is 7.30. The van der Waals surface area contributed by atoms with Crippen molar-refractivity contribution in [2.75, 3.05) is 23.8 Å². The Morgan fingerprint density at radius 3 is 2.94 bits per heavy atom. The number of anilines is 2. The summed E-state index contributed by atoms with van der Waals surface area (Å²) in [6, 6.07) is 3.42. The van der Waals surface area contributed by atoms with Gasteiger partial charge in [0.25, 0.3) is 0 Å². The molecule has 2 unspecified atom stereocenters. The number of hydrogen-bond acceptors (Lipinski definition) is 3. The molecular weight excluding hydrogens is 299 g/mol. The number of nitrogens with zero attached hydrogens (tertiary/aromatic N) is 1. The van der Waals surface area contributed by atoms with E-state index < -0.39 is 0 Å². The van der Waals surface area contributed by atoms with Crippen LogP contribution in [0.25, 0.3) is 0 Å². The zero-order chi connectivity index (χ0) is 13.3. The first-order valence-corrected chi connectivity index (χ1v) is 6.95. The molecule has 0 saturated carbocycles. The number of nitrogen functional groups attached to an aromatic ring is 1. The number of hydrogen-bond donors (Lipinski definition) is 1. The fourth-order valence-corrected chi connectivity index (χ4v) is 2.61. The van der Waals surface area contributed by atoms with Crippen LogP contribution in [0.4, 0.5) is 15.8 Å². The lowest BCUT2D eigenvalue weighted by molar-refractivity contribution is 0.0300. The molecule has 0 aromatic heterocycles. The van der Waals surface area contributed by atoms with E-state index in [0.717, 1.165) is 18.7 Å². The van der Waals surface area contributed by atoms with Gasteiger partial charge in [0.15, 0.2) is 0 Å². The van der Waals surface area contributed by atoms with Gasteiger partial charge in [0, 0.05) is 12.6 Å². The molecule has 0 spiro atoms. The fourth-order valence-electron chi connectivity index (χ4n) is 2.28. The summed E-state index contributed by atoms with van der Waals surface area (Å²) in [4.78, 5) is 2.22.